The average molecular weight is 435 g/mol. The monoisotopic (exact) mass is 434 g/mol. The molecule has 2 bridgehead atoms. The van der Waals surface area contributed by atoms with Gasteiger partial charge in [-0.1, -0.05) is 31.5 Å². The maximum Gasteiger partial charge on any atom is 0.226 e. The van der Waals surface area contributed by atoms with Crippen LogP contribution in [0.2, 0.25) is 0 Å². The normalized spacial score (nSPS) is 22.1. The van der Waals surface area contributed by atoms with E-state index in [0.717, 1.165) is 43.5 Å². The lowest BCUT2D eigenvalue weighted by molar-refractivity contribution is -0.131. The molecule has 2 unspecified atom stereocenters. The fourth-order valence-corrected chi connectivity index (χ4v) is 5.20. The Morgan fingerprint density at radius 3 is 2.53 bits per heavy atom. The third-order valence-electron chi connectivity index (χ3n) is 6.94. The van der Waals surface area contributed by atoms with Crippen molar-refractivity contribution in [2.45, 2.75) is 71.1 Å². The summed E-state index contributed by atoms with van der Waals surface area (Å²) in [5.74, 6) is 0.220. The van der Waals surface area contributed by atoms with Crippen LogP contribution in [0, 0.1) is 0 Å². The number of benzene rings is 1. The molecule has 1 aromatic heterocycles. The lowest BCUT2D eigenvalue weighted by Crippen LogP contribution is -2.52. The number of pyridine rings is 1. The zero-order chi connectivity index (χ0) is 22.5. The van der Waals surface area contributed by atoms with E-state index in [1.54, 1.807) is 6.92 Å². The molecule has 2 atom stereocenters. The van der Waals surface area contributed by atoms with Crippen LogP contribution in [0.5, 0.6) is 0 Å². The minimum Gasteiger partial charge on any atom is -0.337 e. The van der Waals surface area contributed by atoms with E-state index in [4.69, 9.17) is 0 Å². The molecule has 2 aliphatic heterocycles. The number of fused-ring (bicyclic) bond motifs is 3. The van der Waals surface area contributed by atoms with Crippen LogP contribution in [0.25, 0.3) is 0 Å². The first kappa shape index (κ1) is 22.5. The highest BCUT2D eigenvalue weighted by molar-refractivity contribution is 5.94. The summed E-state index contributed by atoms with van der Waals surface area (Å²) < 4.78 is 0. The molecular formula is C26H34N4O2. The quantitative estimate of drug-likeness (QED) is 0.733. The Labute approximate surface area is 191 Å². The molecule has 3 heterocycles. The molecule has 0 saturated carbocycles. The molecule has 2 aliphatic rings. The van der Waals surface area contributed by atoms with Crippen LogP contribution in [0.15, 0.2) is 48.8 Å². The first-order valence-electron chi connectivity index (χ1n) is 11.8. The molecule has 2 aromatic rings. The predicted molar refractivity (Wildman–Crippen MR) is 126 cm³/mol. The van der Waals surface area contributed by atoms with Crippen molar-refractivity contribution in [1.29, 1.82) is 0 Å². The minimum absolute atomic E-state index is 0.0819. The number of piperidine rings is 1. The number of carbonyl (C=O) groups excluding carboxylic acids is 2. The molecule has 0 spiro atoms. The second-order valence-corrected chi connectivity index (χ2v) is 8.98. The number of hydrogen-bond acceptors (Lipinski definition) is 4. The Bertz CT molecular complexity index is 932. The number of rotatable bonds is 3. The van der Waals surface area contributed by atoms with Crippen molar-refractivity contribution >= 4 is 17.5 Å². The second-order valence-electron chi connectivity index (χ2n) is 8.98. The topological polar surface area (TPSA) is 56.8 Å². The number of nitrogens with zero attached hydrogens (tertiary/aromatic N) is 4. The van der Waals surface area contributed by atoms with E-state index in [1.165, 1.54) is 5.56 Å². The summed E-state index contributed by atoms with van der Waals surface area (Å²) in [7, 11) is 0. The van der Waals surface area contributed by atoms with Crippen molar-refractivity contribution in [3.8, 4) is 0 Å². The molecule has 1 saturated heterocycles. The van der Waals surface area contributed by atoms with Gasteiger partial charge in [-0.25, -0.2) is 0 Å². The van der Waals surface area contributed by atoms with Gasteiger partial charge in [0.25, 0.3) is 0 Å². The number of anilines is 1. The fraction of sp³-hybridized carbons (Fsp3) is 0.500. The van der Waals surface area contributed by atoms with Crippen molar-refractivity contribution in [3.63, 3.8) is 0 Å². The summed E-state index contributed by atoms with van der Waals surface area (Å²) in [5.41, 5.74) is 3.23. The summed E-state index contributed by atoms with van der Waals surface area (Å²) in [6.45, 7) is 6.37. The van der Waals surface area contributed by atoms with Gasteiger partial charge in [0.1, 0.15) is 0 Å². The van der Waals surface area contributed by atoms with Crippen LogP contribution in [0.4, 0.5) is 5.69 Å². The standard InChI is InChI=1S/C26H34N4O2/c1-3-26(32)29-16-13-23-8-6-9-24(30(23)17-21-11-14-27-15-12-21)19-28(20(2)31)18-22-7-4-5-10-25(22)29/h4-5,7,10-12,14-15,23-24H,3,6,8-9,13,16-19H2,1-2H3. The first-order valence-corrected chi connectivity index (χ1v) is 11.8. The Morgan fingerprint density at radius 2 is 1.78 bits per heavy atom. The van der Waals surface area contributed by atoms with Crippen molar-refractivity contribution in [1.82, 2.24) is 14.8 Å². The van der Waals surface area contributed by atoms with Gasteiger partial charge in [-0.15, -0.1) is 0 Å². The van der Waals surface area contributed by atoms with Crippen molar-refractivity contribution in [3.05, 3.63) is 59.9 Å². The molecule has 0 radical (unpaired) electrons. The number of carbonyl (C=O) groups is 2. The Morgan fingerprint density at radius 1 is 1.03 bits per heavy atom. The Balaban J connectivity index is 1.72. The highest BCUT2D eigenvalue weighted by Crippen LogP contribution is 2.31. The highest BCUT2D eigenvalue weighted by atomic mass is 16.2. The molecule has 4 rings (SSSR count). The largest absolute Gasteiger partial charge is 0.337 e. The number of aromatic nitrogens is 1. The van der Waals surface area contributed by atoms with Gasteiger partial charge in [0.05, 0.1) is 0 Å². The zero-order valence-corrected chi connectivity index (χ0v) is 19.2. The molecule has 1 fully saturated rings. The maximum absolute atomic E-state index is 13.0. The molecule has 170 valence electrons. The van der Waals surface area contributed by atoms with Crippen LogP contribution in [-0.2, 0) is 22.7 Å². The smallest absolute Gasteiger partial charge is 0.226 e. The van der Waals surface area contributed by atoms with E-state index in [-0.39, 0.29) is 11.8 Å². The third kappa shape index (κ3) is 5.01. The molecule has 32 heavy (non-hydrogen) atoms. The third-order valence-corrected chi connectivity index (χ3v) is 6.94. The molecule has 0 aliphatic carbocycles. The second kappa shape index (κ2) is 10.3. The Kier molecular flexibility index (Phi) is 7.20. The van der Waals surface area contributed by atoms with Gasteiger partial charge in [0.15, 0.2) is 0 Å². The SMILES string of the molecule is CCC(=O)N1CCC2CCCC(CN(C(C)=O)Cc3ccccc31)N2Cc1ccncc1. The van der Waals surface area contributed by atoms with E-state index >= 15 is 0 Å². The Hall–Kier alpha value is -2.73. The van der Waals surface area contributed by atoms with Gasteiger partial charge in [0, 0.05) is 69.7 Å². The summed E-state index contributed by atoms with van der Waals surface area (Å²) in [6, 6.07) is 12.9. The van der Waals surface area contributed by atoms with Crippen LogP contribution in [-0.4, -0.2) is 51.8 Å². The number of amides is 2. The van der Waals surface area contributed by atoms with Crippen molar-refractivity contribution in [2.24, 2.45) is 0 Å². The zero-order valence-electron chi connectivity index (χ0n) is 19.2. The van der Waals surface area contributed by atoms with Crippen LogP contribution < -0.4 is 4.90 Å². The van der Waals surface area contributed by atoms with Gasteiger partial charge in [-0.05, 0) is 48.6 Å². The van der Waals surface area contributed by atoms with Crippen molar-refractivity contribution < 1.29 is 9.59 Å². The minimum atomic E-state index is 0.0819. The fourth-order valence-electron chi connectivity index (χ4n) is 5.20. The predicted octanol–water partition coefficient (Wildman–Crippen LogP) is 4.00. The van der Waals surface area contributed by atoms with E-state index in [9.17, 15) is 9.59 Å². The number of para-hydroxylation sites is 1. The summed E-state index contributed by atoms with van der Waals surface area (Å²) in [5, 5.41) is 0. The van der Waals surface area contributed by atoms with E-state index in [1.807, 2.05) is 47.3 Å². The van der Waals surface area contributed by atoms with E-state index in [0.29, 0.717) is 38.1 Å². The molecule has 2 amide bonds. The van der Waals surface area contributed by atoms with Gasteiger partial charge >= 0.3 is 0 Å². The average Bonchev–Trinajstić information content (AvgIpc) is 2.82. The van der Waals surface area contributed by atoms with Crippen LogP contribution >= 0.6 is 0 Å². The van der Waals surface area contributed by atoms with E-state index < -0.39 is 0 Å². The maximum atomic E-state index is 13.0. The lowest BCUT2D eigenvalue weighted by Gasteiger charge is -2.44. The van der Waals surface area contributed by atoms with Crippen molar-refractivity contribution in [2.75, 3.05) is 18.0 Å². The summed E-state index contributed by atoms with van der Waals surface area (Å²) >= 11 is 0. The first-order chi connectivity index (χ1) is 15.6. The molecule has 6 nitrogen and oxygen atoms in total. The van der Waals surface area contributed by atoms with Crippen LogP contribution in [0.1, 0.15) is 57.1 Å². The molecule has 0 N–H and O–H groups in total. The van der Waals surface area contributed by atoms with Crippen LogP contribution in [0.3, 0.4) is 0 Å². The van der Waals surface area contributed by atoms with Gasteiger partial charge < -0.3 is 9.80 Å². The molecule has 1 aromatic carbocycles. The van der Waals surface area contributed by atoms with E-state index in [2.05, 4.69) is 28.1 Å². The lowest BCUT2D eigenvalue weighted by atomic mass is 9.92. The highest BCUT2D eigenvalue weighted by Gasteiger charge is 2.34. The number of hydrogen-bond donors (Lipinski definition) is 0. The molecule has 6 heteroatoms. The molecular weight excluding hydrogens is 400 g/mol. The van der Waals surface area contributed by atoms with Gasteiger partial charge in [-0.3, -0.25) is 19.5 Å². The summed E-state index contributed by atoms with van der Waals surface area (Å²) in [4.78, 5) is 36.3. The van der Waals surface area contributed by atoms with Gasteiger partial charge in [-0.2, -0.15) is 0 Å². The summed E-state index contributed by atoms with van der Waals surface area (Å²) in [6.07, 6.45) is 8.46. The van der Waals surface area contributed by atoms with Gasteiger partial charge in [0.2, 0.25) is 11.8 Å².